The van der Waals surface area contributed by atoms with E-state index in [9.17, 15) is 20.1 Å². The van der Waals surface area contributed by atoms with Crippen molar-refractivity contribution in [2.75, 3.05) is 31.3 Å². The molecule has 2 atom stereocenters. The van der Waals surface area contributed by atoms with E-state index in [-0.39, 0.29) is 18.4 Å². The Hall–Kier alpha value is -3.60. The molecule has 3 heterocycles. The number of carbonyl (C=O) groups is 2. The first kappa shape index (κ1) is 27.0. The smallest absolute Gasteiger partial charge is 0.310 e. The van der Waals surface area contributed by atoms with Crippen LogP contribution in [0.15, 0.2) is 59.6 Å². The van der Waals surface area contributed by atoms with Crippen LogP contribution in [0.5, 0.6) is 0 Å². The lowest BCUT2D eigenvalue weighted by Gasteiger charge is -2.34. The standard InChI is InChI=1S/C28H22Cl2N6O2S/c1-34-27(38)36(23-10-20(29)9-21(30)11-23)26(37)28(34)16-35(14-22-8-7-19(13-32)25(33-22)39-2)15-24(28)18-5-3-17(12-31)4-6-18/h3-11,24H,14-16H2,1-2H3/t24-,28+/m0/s1. The molecule has 2 aliphatic rings. The maximum atomic E-state index is 14.3. The number of amides is 3. The molecule has 0 radical (unpaired) electrons. The number of aromatic nitrogens is 1. The third-order valence-corrected chi connectivity index (χ3v) is 8.43. The van der Waals surface area contributed by atoms with E-state index >= 15 is 0 Å². The molecule has 2 aromatic carbocycles. The van der Waals surface area contributed by atoms with Gasteiger partial charge in [-0.05, 0) is 54.3 Å². The van der Waals surface area contributed by atoms with Gasteiger partial charge in [0, 0.05) is 42.6 Å². The average Bonchev–Trinajstić information content (AvgIpc) is 3.39. The molecule has 0 N–H and O–H groups in total. The SMILES string of the molecule is CSc1nc(CN2C[C@@H](c3ccc(C#N)cc3)[C@]3(C2)C(=O)N(c2cc(Cl)cc(Cl)c2)C(=O)N3C)ccc1C#N. The van der Waals surface area contributed by atoms with Crippen molar-refractivity contribution in [3.8, 4) is 12.1 Å². The fourth-order valence-corrected chi connectivity index (χ4v) is 6.51. The van der Waals surface area contributed by atoms with Crippen LogP contribution in [0.3, 0.4) is 0 Å². The molecule has 1 spiro atoms. The van der Waals surface area contributed by atoms with Crippen LogP contribution >= 0.6 is 35.0 Å². The Bertz CT molecular complexity index is 1550. The Balaban J connectivity index is 1.57. The van der Waals surface area contributed by atoms with Crippen LogP contribution in [0, 0.1) is 22.7 Å². The molecule has 0 aliphatic carbocycles. The summed E-state index contributed by atoms with van der Waals surface area (Å²) in [5, 5.41) is 19.9. The quantitative estimate of drug-likeness (QED) is 0.300. The first-order valence-electron chi connectivity index (χ1n) is 12.0. The van der Waals surface area contributed by atoms with Crippen molar-refractivity contribution in [1.82, 2.24) is 14.8 Å². The van der Waals surface area contributed by atoms with Gasteiger partial charge in [0.05, 0.1) is 28.6 Å². The molecule has 11 heteroatoms. The largest absolute Gasteiger partial charge is 0.332 e. The molecular formula is C28H22Cl2N6O2S. The van der Waals surface area contributed by atoms with Gasteiger partial charge in [-0.25, -0.2) is 14.7 Å². The molecule has 0 bridgehead atoms. The summed E-state index contributed by atoms with van der Waals surface area (Å²) in [4.78, 5) is 37.3. The van der Waals surface area contributed by atoms with Crippen molar-refractivity contribution in [2.45, 2.75) is 23.0 Å². The maximum absolute atomic E-state index is 14.3. The lowest BCUT2D eigenvalue weighted by Crippen LogP contribution is -2.53. The second-order valence-electron chi connectivity index (χ2n) is 9.46. The lowest BCUT2D eigenvalue weighted by atomic mass is 9.80. The number of hydrogen-bond donors (Lipinski definition) is 0. The molecular weight excluding hydrogens is 555 g/mol. The Labute approximate surface area is 240 Å². The van der Waals surface area contributed by atoms with E-state index in [1.165, 1.54) is 16.7 Å². The number of benzene rings is 2. The van der Waals surface area contributed by atoms with E-state index in [0.717, 1.165) is 16.2 Å². The molecule has 3 aromatic rings. The number of nitrogens with zero attached hydrogens (tertiary/aromatic N) is 6. The molecule has 0 saturated carbocycles. The molecule has 5 rings (SSSR count). The average molecular weight is 577 g/mol. The van der Waals surface area contributed by atoms with Gasteiger partial charge in [-0.3, -0.25) is 9.69 Å². The Morgan fingerprint density at radius 2 is 1.74 bits per heavy atom. The topological polar surface area (TPSA) is 104 Å². The van der Waals surface area contributed by atoms with Gasteiger partial charge in [0.2, 0.25) is 0 Å². The zero-order valence-electron chi connectivity index (χ0n) is 21.1. The van der Waals surface area contributed by atoms with Crippen molar-refractivity contribution in [1.29, 1.82) is 10.5 Å². The number of likely N-dealkylation sites (N-methyl/N-ethyl adjacent to an activating group) is 1. The minimum atomic E-state index is -1.21. The van der Waals surface area contributed by atoms with E-state index in [4.69, 9.17) is 23.2 Å². The van der Waals surface area contributed by atoms with Crippen LogP contribution < -0.4 is 4.90 Å². The Morgan fingerprint density at radius 3 is 2.36 bits per heavy atom. The van der Waals surface area contributed by atoms with E-state index in [1.807, 2.05) is 24.5 Å². The molecule has 196 valence electrons. The van der Waals surface area contributed by atoms with Crippen LogP contribution in [0.4, 0.5) is 10.5 Å². The number of anilines is 1. The number of imide groups is 1. The monoisotopic (exact) mass is 576 g/mol. The van der Waals surface area contributed by atoms with Crippen molar-refractivity contribution >= 4 is 52.6 Å². The molecule has 2 saturated heterocycles. The van der Waals surface area contributed by atoms with Crippen LogP contribution in [0.1, 0.15) is 28.3 Å². The van der Waals surface area contributed by atoms with Crippen molar-refractivity contribution in [3.63, 3.8) is 0 Å². The summed E-state index contributed by atoms with van der Waals surface area (Å²) in [5.41, 5.74) is 1.70. The molecule has 39 heavy (non-hydrogen) atoms. The predicted octanol–water partition coefficient (Wildman–Crippen LogP) is 5.29. The molecule has 1 aromatic heterocycles. The minimum absolute atomic E-state index is 0.264. The van der Waals surface area contributed by atoms with Gasteiger partial charge < -0.3 is 4.90 Å². The number of rotatable bonds is 5. The Morgan fingerprint density at radius 1 is 1.05 bits per heavy atom. The summed E-state index contributed by atoms with van der Waals surface area (Å²) in [6, 6.07) is 19.1. The summed E-state index contributed by atoms with van der Waals surface area (Å²) in [6.07, 6.45) is 1.87. The number of hydrogen-bond acceptors (Lipinski definition) is 7. The zero-order chi connectivity index (χ0) is 27.9. The number of thioether (sulfide) groups is 1. The van der Waals surface area contributed by atoms with Gasteiger partial charge in [-0.15, -0.1) is 11.8 Å². The molecule has 2 fully saturated rings. The van der Waals surface area contributed by atoms with Crippen LogP contribution in [-0.2, 0) is 11.3 Å². The highest BCUT2D eigenvalue weighted by Crippen LogP contribution is 2.47. The number of pyridine rings is 1. The van der Waals surface area contributed by atoms with Gasteiger partial charge in [0.1, 0.15) is 16.6 Å². The Kier molecular flexibility index (Phi) is 7.28. The fraction of sp³-hybridized carbons (Fsp3) is 0.250. The number of halogens is 2. The minimum Gasteiger partial charge on any atom is -0.310 e. The zero-order valence-corrected chi connectivity index (χ0v) is 23.4. The van der Waals surface area contributed by atoms with E-state index < -0.39 is 11.6 Å². The summed E-state index contributed by atoms with van der Waals surface area (Å²) >= 11 is 13.8. The molecule has 2 aliphatic heterocycles. The van der Waals surface area contributed by atoms with Gasteiger partial charge in [0.15, 0.2) is 0 Å². The molecule has 0 unspecified atom stereocenters. The van der Waals surface area contributed by atoms with E-state index in [1.54, 1.807) is 43.4 Å². The van der Waals surface area contributed by atoms with Gasteiger partial charge in [0.25, 0.3) is 5.91 Å². The van der Waals surface area contributed by atoms with Crippen LogP contribution in [0.2, 0.25) is 10.0 Å². The molecule has 3 amide bonds. The second-order valence-corrected chi connectivity index (χ2v) is 11.1. The first-order valence-corrected chi connectivity index (χ1v) is 13.9. The van der Waals surface area contributed by atoms with Gasteiger partial charge in [-0.2, -0.15) is 10.5 Å². The number of likely N-dealkylation sites (tertiary alicyclic amines) is 1. The normalized spacial score (nSPS) is 21.0. The summed E-state index contributed by atoms with van der Waals surface area (Å²) in [7, 11) is 1.64. The van der Waals surface area contributed by atoms with Crippen LogP contribution in [0.25, 0.3) is 0 Å². The lowest BCUT2D eigenvalue weighted by molar-refractivity contribution is -0.124. The van der Waals surface area contributed by atoms with Gasteiger partial charge in [-0.1, -0.05) is 35.3 Å². The summed E-state index contributed by atoms with van der Waals surface area (Å²) < 4.78 is 0. The number of carbonyl (C=O) groups excluding carboxylic acids is 2. The number of urea groups is 1. The second kappa shape index (κ2) is 10.5. The number of nitriles is 2. The van der Waals surface area contributed by atoms with Crippen molar-refractivity contribution in [3.05, 3.63) is 87.0 Å². The highest BCUT2D eigenvalue weighted by Gasteiger charge is 2.64. The third-order valence-electron chi connectivity index (χ3n) is 7.30. The predicted molar refractivity (Wildman–Crippen MR) is 150 cm³/mol. The van der Waals surface area contributed by atoms with Crippen molar-refractivity contribution in [2.24, 2.45) is 0 Å². The first-order chi connectivity index (χ1) is 18.7. The molecule has 8 nitrogen and oxygen atoms in total. The van der Waals surface area contributed by atoms with Gasteiger partial charge >= 0.3 is 6.03 Å². The van der Waals surface area contributed by atoms with E-state index in [0.29, 0.717) is 45.0 Å². The summed E-state index contributed by atoms with van der Waals surface area (Å²) in [5.74, 6) is -0.757. The summed E-state index contributed by atoms with van der Waals surface area (Å²) in [6.45, 7) is 1.15. The van der Waals surface area contributed by atoms with Crippen molar-refractivity contribution < 1.29 is 9.59 Å². The van der Waals surface area contributed by atoms with E-state index in [2.05, 4.69) is 22.0 Å². The van der Waals surface area contributed by atoms with Crippen LogP contribution in [-0.4, -0.2) is 58.7 Å². The highest BCUT2D eigenvalue weighted by atomic mass is 35.5. The fourth-order valence-electron chi connectivity index (χ4n) is 5.45. The third kappa shape index (κ3) is 4.62. The maximum Gasteiger partial charge on any atom is 0.332 e. The highest BCUT2D eigenvalue weighted by molar-refractivity contribution is 7.98.